The van der Waals surface area contributed by atoms with E-state index >= 15 is 0 Å². The number of nitrogen functional groups attached to an aromatic ring is 1. The van der Waals surface area contributed by atoms with Crippen molar-refractivity contribution < 1.29 is 13.9 Å². The summed E-state index contributed by atoms with van der Waals surface area (Å²) < 4.78 is 12.4. The smallest absolute Gasteiger partial charge is 0.280 e. The maximum absolute atomic E-state index is 12.5. The fourth-order valence-electron chi connectivity index (χ4n) is 3.00. The number of aryl methyl sites for hydroxylation is 2. The van der Waals surface area contributed by atoms with E-state index in [9.17, 15) is 4.79 Å². The minimum absolute atomic E-state index is 0.0529. The van der Waals surface area contributed by atoms with Crippen LogP contribution in [0.4, 0.5) is 11.5 Å². The van der Waals surface area contributed by atoms with Crippen molar-refractivity contribution in [3.8, 4) is 17.2 Å². The second-order valence-corrected chi connectivity index (χ2v) is 7.05. The number of methoxy groups -OCH3 is 1. The van der Waals surface area contributed by atoms with E-state index < -0.39 is 5.91 Å². The predicted octanol–water partition coefficient (Wildman–Crippen LogP) is 3.44. The number of nitrogens with two attached hydrogens (primary N) is 1. The highest BCUT2D eigenvalue weighted by Gasteiger charge is 2.20. The molecule has 31 heavy (non-hydrogen) atoms. The Kier molecular flexibility index (Phi) is 5.40. The van der Waals surface area contributed by atoms with Crippen molar-refractivity contribution in [3.05, 3.63) is 71.2 Å². The lowest BCUT2D eigenvalue weighted by Gasteiger charge is -2.04. The van der Waals surface area contributed by atoms with Gasteiger partial charge in [0.05, 0.1) is 13.7 Å². The van der Waals surface area contributed by atoms with Gasteiger partial charge in [0.25, 0.3) is 5.91 Å². The molecule has 2 aromatic carbocycles. The minimum Gasteiger partial charge on any atom is -0.497 e. The van der Waals surface area contributed by atoms with E-state index in [2.05, 4.69) is 20.6 Å². The number of anilines is 2. The Labute approximate surface area is 178 Å². The molecule has 0 unspecified atom stereocenters. The third-order valence-electron chi connectivity index (χ3n) is 4.83. The molecule has 0 aliphatic rings. The fraction of sp³-hybridized carbons (Fsp3) is 0.182. The maximum atomic E-state index is 12.5. The molecule has 0 atom stereocenters. The molecule has 0 saturated carbocycles. The van der Waals surface area contributed by atoms with Crippen LogP contribution in [-0.2, 0) is 6.54 Å². The second-order valence-electron chi connectivity index (χ2n) is 7.05. The number of carbonyl (C=O) groups is 1. The van der Waals surface area contributed by atoms with Crippen molar-refractivity contribution in [3.63, 3.8) is 0 Å². The fourth-order valence-corrected chi connectivity index (χ4v) is 3.00. The highest BCUT2D eigenvalue weighted by atomic mass is 16.5. The number of oxazole rings is 1. The summed E-state index contributed by atoms with van der Waals surface area (Å²) in [5, 5.41) is 10.7. The SMILES string of the molecule is COc1ccc(-c2nc(Cn3nnc(C(=O)Nc4ccc(C)cc4)c3N)c(C)o2)cc1. The molecule has 0 fully saturated rings. The Bertz CT molecular complexity index is 1210. The van der Waals surface area contributed by atoms with Crippen LogP contribution in [0.3, 0.4) is 0 Å². The quantitative estimate of drug-likeness (QED) is 0.492. The third-order valence-corrected chi connectivity index (χ3v) is 4.83. The number of hydrogen-bond donors (Lipinski definition) is 2. The number of rotatable bonds is 6. The number of aromatic nitrogens is 4. The van der Waals surface area contributed by atoms with Crippen molar-refractivity contribution in [1.29, 1.82) is 0 Å². The monoisotopic (exact) mass is 418 g/mol. The second kappa shape index (κ2) is 8.31. The lowest BCUT2D eigenvalue weighted by Crippen LogP contribution is -2.15. The number of ether oxygens (including phenoxy) is 1. The van der Waals surface area contributed by atoms with Crippen LogP contribution in [0.25, 0.3) is 11.5 Å². The summed E-state index contributed by atoms with van der Waals surface area (Å²) in [6.07, 6.45) is 0. The van der Waals surface area contributed by atoms with E-state index in [1.54, 1.807) is 7.11 Å². The Morgan fingerprint density at radius 3 is 2.52 bits per heavy atom. The molecule has 158 valence electrons. The zero-order chi connectivity index (χ0) is 22.0. The number of amides is 1. The normalized spacial score (nSPS) is 10.8. The zero-order valence-electron chi connectivity index (χ0n) is 17.4. The lowest BCUT2D eigenvalue weighted by atomic mass is 10.2. The first-order valence-corrected chi connectivity index (χ1v) is 9.62. The van der Waals surface area contributed by atoms with Gasteiger partial charge >= 0.3 is 0 Å². The molecule has 0 aliphatic carbocycles. The van der Waals surface area contributed by atoms with Crippen LogP contribution in [-0.4, -0.2) is 33.0 Å². The summed E-state index contributed by atoms with van der Waals surface area (Å²) in [6, 6.07) is 14.8. The predicted molar refractivity (Wildman–Crippen MR) is 116 cm³/mol. The molecule has 0 radical (unpaired) electrons. The van der Waals surface area contributed by atoms with Crippen LogP contribution in [0.5, 0.6) is 5.75 Å². The molecule has 0 aliphatic heterocycles. The maximum Gasteiger partial charge on any atom is 0.280 e. The molecule has 9 heteroatoms. The largest absolute Gasteiger partial charge is 0.497 e. The van der Waals surface area contributed by atoms with Gasteiger partial charge in [-0.3, -0.25) is 4.79 Å². The molecule has 2 heterocycles. The van der Waals surface area contributed by atoms with Gasteiger partial charge in [-0.1, -0.05) is 22.9 Å². The Morgan fingerprint density at radius 1 is 1.13 bits per heavy atom. The molecule has 2 aromatic heterocycles. The minimum atomic E-state index is -0.427. The number of carbonyl (C=O) groups excluding carboxylic acids is 1. The first kappa shape index (κ1) is 20.1. The summed E-state index contributed by atoms with van der Waals surface area (Å²) in [5.41, 5.74) is 9.40. The molecular weight excluding hydrogens is 396 g/mol. The van der Waals surface area contributed by atoms with Crippen molar-refractivity contribution in [2.75, 3.05) is 18.2 Å². The van der Waals surface area contributed by atoms with Gasteiger partial charge < -0.3 is 20.2 Å². The van der Waals surface area contributed by atoms with Crippen molar-refractivity contribution in [1.82, 2.24) is 20.0 Å². The van der Waals surface area contributed by atoms with Crippen molar-refractivity contribution >= 4 is 17.4 Å². The highest BCUT2D eigenvalue weighted by molar-refractivity contribution is 6.05. The van der Waals surface area contributed by atoms with Crippen LogP contribution < -0.4 is 15.8 Å². The molecule has 0 spiro atoms. The van der Waals surface area contributed by atoms with Gasteiger partial charge in [0.15, 0.2) is 11.5 Å². The summed E-state index contributed by atoms with van der Waals surface area (Å²) in [6.45, 7) is 4.01. The molecule has 3 N–H and O–H groups in total. The average Bonchev–Trinajstić information content (AvgIpc) is 3.32. The Hall–Kier alpha value is -4.14. The molecule has 1 amide bonds. The van der Waals surface area contributed by atoms with E-state index in [0.717, 1.165) is 16.9 Å². The van der Waals surface area contributed by atoms with E-state index in [0.29, 0.717) is 23.0 Å². The van der Waals surface area contributed by atoms with E-state index in [4.69, 9.17) is 14.9 Å². The van der Waals surface area contributed by atoms with Crippen LogP contribution >= 0.6 is 0 Å². The van der Waals surface area contributed by atoms with E-state index in [-0.39, 0.29) is 18.1 Å². The van der Waals surface area contributed by atoms with Crippen LogP contribution in [0, 0.1) is 13.8 Å². The topological polar surface area (TPSA) is 121 Å². The first-order valence-electron chi connectivity index (χ1n) is 9.62. The van der Waals surface area contributed by atoms with Crippen molar-refractivity contribution in [2.45, 2.75) is 20.4 Å². The molecule has 9 nitrogen and oxygen atoms in total. The first-order chi connectivity index (χ1) is 14.9. The Morgan fingerprint density at radius 2 is 1.84 bits per heavy atom. The van der Waals surface area contributed by atoms with Crippen LogP contribution in [0.15, 0.2) is 52.9 Å². The molecule has 4 aromatic rings. The lowest BCUT2D eigenvalue weighted by molar-refractivity contribution is 0.102. The van der Waals surface area contributed by atoms with Crippen LogP contribution in [0.2, 0.25) is 0 Å². The van der Waals surface area contributed by atoms with Gasteiger partial charge in [-0.2, -0.15) is 0 Å². The number of nitrogens with one attached hydrogen (secondary N) is 1. The zero-order valence-corrected chi connectivity index (χ0v) is 17.4. The molecule has 0 bridgehead atoms. The highest BCUT2D eigenvalue weighted by Crippen LogP contribution is 2.25. The summed E-state index contributed by atoms with van der Waals surface area (Å²) in [5.74, 6) is 1.58. The van der Waals surface area contributed by atoms with E-state index in [1.807, 2.05) is 62.4 Å². The van der Waals surface area contributed by atoms with Gasteiger partial charge in [0.2, 0.25) is 5.89 Å². The van der Waals surface area contributed by atoms with Crippen LogP contribution in [0.1, 0.15) is 27.5 Å². The number of benzene rings is 2. The van der Waals surface area contributed by atoms with E-state index in [1.165, 1.54) is 4.68 Å². The van der Waals surface area contributed by atoms with Gasteiger partial charge in [0.1, 0.15) is 17.2 Å². The summed E-state index contributed by atoms with van der Waals surface area (Å²) in [4.78, 5) is 17.1. The third kappa shape index (κ3) is 4.25. The van der Waals surface area contributed by atoms with Gasteiger partial charge in [-0.25, -0.2) is 9.67 Å². The number of hydrogen-bond acceptors (Lipinski definition) is 7. The van der Waals surface area contributed by atoms with Gasteiger partial charge in [-0.05, 0) is 50.2 Å². The Balaban J connectivity index is 1.51. The molecular formula is C22H22N6O3. The average molecular weight is 418 g/mol. The van der Waals surface area contributed by atoms with Gasteiger partial charge in [0, 0.05) is 11.3 Å². The van der Waals surface area contributed by atoms with Gasteiger partial charge in [-0.15, -0.1) is 5.10 Å². The standard InChI is InChI=1S/C22H22N6O3/c1-13-4-8-16(9-5-13)24-21(29)19-20(23)28(27-26-19)12-18-14(2)31-22(25-18)15-6-10-17(30-3)11-7-15/h4-11H,12,23H2,1-3H3,(H,24,29). The molecule has 0 saturated heterocycles. The number of nitrogens with zero attached hydrogens (tertiary/aromatic N) is 4. The summed E-state index contributed by atoms with van der Waals surface area (Å²) >= 11 is 0. The summed E-state index contributed by atoms with van der Waals surface area (Å²) in [7, 11) is 1.61. The molecule has 4 rings (SSSR count). The van der Waals surface area contributed by atoms with Crippen molar-refractivity contribution in [2.24, 2.45) is 0 Å².